The molecule has 5 rings (SSSR count). The SMILES string of the molecule is O=C([O-])C(F)(CCOC(=C1C2CC3CC(C2)CC1C3)C1CCCC(OP(=O)([O-])[O-])C1)C(=O)[O-].[Na+].[Na+].[Na+].[Na+]. The van der Waals surface area contributed by atoms with Crippen molar-refractivity contribution in [2.24, 2.45) is 29.6 Å². The molecule has 2 unspecified atom stereocenters. The maximum atomic E-state index is 14.4. The number of aliphatic carboxylic acids is 2. The summed E-state index contributed by atoms with van der Waals surface area (Å²) in [5, 5.41) is 22.1. The molecule has 0 spiro atoms. The summed E-state index contributed by atoms with van der Waals surface area (Å²) in [4.78, 5) is 44.3. The van der Waals surface area contributed by atoms with Gasteiger partial charge in [0.2, 0.25) is 0 Å². The Hall–Kier alpha value is 2.52. The van der Waals surface area contributed by atoms with Gasteiger partial charge in [-0.3, -0.25) is 0 Å². The molecule has 0 saturated heterocycles. The molecule has 4 bridgehead atoms. The monoisotopic (exact) mass is 578 g/mol. The number of hydrogen-bond acceptors (Lipinski definition) is 9. The second-order valence-electron chi connectivity index (χ2n) is 10.1. The van der Waals surface area contributed by atoms with Crippen molar-refractivity contribution in [1.82, 2.24) is 0 Å². The van der Waals surface area contributed by atoms with Gasteiger partial charge in [-0.1, -0.05) is 6.42 Å². The van der Waals surface area contributed by atoms with Crippen LogP contribution >= 0.6 is 7.82 Å². The van der Waals surface area contributed by atoms with E-state index < -0.39 is 44.6 Å². The zero-order valence-electron chi connectivity index (χ0n) is 22.2. The summed E-state index contributed by atoms with van der Waals surface area (Å²) in [6.07, 6.45) is 5.43. The van der Waals surface area contributed by atoms with Crippen LogP contribution in [0.15, 0.2) is 11.3 Å². The van der Waals surface area contributed by atoms with Gasteiger partial charge in [0.1, 0.15) is 0 Å². The molecule has 0 amide bonds. The Morgan fingerprint density at radius 1 is 0.892 bits per heavy atom. The summed E-state index contributed by atoms with van der Waals surface area (Å²) >= 11 is 0. The van der Waals surface area contributed by atoms with Crippen molar-refractivity contribution < 1.29 is 166 Å². The number of alkyl halides is 1. The second-order valence-corrected chi connectivity index (χ2v) is 11.2. The summed E-state index contributed by atoms with van der Waals surface area (Å²) in [5.74, 6) is -2.58. The van der Waals surface area contributed by atoms with E-state index in [-0.39, 0.29) is 131 Å². The van der Waals surface area contributed by atoms with Crippen molar-refractivity contribution in [2.45, 2.75) is 76.0 Å². The van der Waals surface area contributed by atoms with Crippen LogP contribution in [-0.2, 0) is 23.4 Å². The molecule has 0 aromatic heterocycles. The molecule has 2 atom stereocenters. The first-order valence-electron chi connectivity index (χ1n) is 11.6. The normalized spacial score (nSPS) is 30.1. The Balaban J connectivity index is 0.00000324. The minimum atomic E-state index is -5.16. The molecule has 37 heavy (non-hydrogen) atoms. The van der Waals surface area contributed by atoms with Gasteiger partial charge in [0.15, 0.2) is 5.67 Å². The fraction of sp³-hybridized carbons (Fsp3) is 0.818. The number of carboxylic acid groups (broad SMARTS) is 2. The Bertz CT molecular complexity index is 840. The summed E-state index contributed by atoms with van der Waals surface area (Å²) in [7, 11) is -5.16. The van der Waals surface area contributed by atoms with Crippen LogP contribution in [0.5, 0.6) is 0 Å². The first-order chi connectivity index (χ1) is 15.5. The number of allylic oxidation sites excluding steroid dienone is 2. The van der Waals surface area contributed by atoms with E-state index in [1.54, 1.807) is 0 Å². The van der Waals surface area contributed by atoms with Crippen molar-refractivity contribution in [1.29, 1.82) is 0 Å². The standard InChI is InChI=1S/C22H32FO9P.4Na/c23-22(20(24)25,21(26)27)4-5-31-19(14-2-1-3-17(11-14)32-33(28,29)30)18-15-7-12-6-13(9-15)10-16(18)8-12;;;;/h12-17H,1-11H2,(H,24,25)(H,26,27)(H2,28,29,30);;;;/q;4*+1/p-4. The molecular formula is C22H28FNa4O9P. The summed E-state index contributed by atoms with van der Waals surface area (Å²) in [5.41, 5.74) is -2.55. The van der Waals surface area contributed by atoms with E-state index >= 15 is 0 Å². The van der Waals surface area contributed by atoms with Gasteiger partial charge in [0.25, 0.3) is 0 Å². The van der Waals surface area contributed by atoms with Gasteiger partial charge in [0.05, 0.1) is 38.2 Å². The van der Waals surface area contributed by atoms with Gasteiger partial charge in [-0.15, -0.1) is 0 Å². The molecule has 5 aliphatic rings. The quantitative estimate of drug-likeness (QED) is 0.112. The van der Waals surface area contributed by atoms with Gasteiger partial charge in [0, 0.05) is 12.3 Å². The Kier molecular flexibility index (Phi) is 17.5. The van der Waals surface area contributed by atoms with Crippen LogP contribution in [0.1, 0.15) is 64.2 Å². The molecule has 15 heteroatoms. The minimum Gasteiger partial charge on any atom is -0.790 e. The van der Waals surface area contributed by atoms with Crippen LogP contribution in [0.3, 0.4) is 0 Å². The van der Waals surface area contributed by atoms with Crippen LogP contribution in [0.4, 0.5) is 4.39 Å². The number of phosphoric ester groups is 1. The Labute approximate surface area is 305 Å². The van der Waals surface area contributed by atoms with E-state index in [1.807, 2.05) is 0 Å². The molecule has 5 saturated carbocycles. The molecule has 5 fully saturated rings. The summed E-state index contributed by atoms with van der Waals surface area (Å²) < 4.78 is 36.2. The Morgan fingerprint density at radius 2 is 1.41 bits per heavy atom. The summed E-state index contributed by atoms with van der Waals surface area (Å²) in [6, 6.07) is 0. The van der Waals surface area contributed by atoms with E-state index in [9.17, 15) is 38.5 Å². The third-order valence-corrected chi connectivity index (χ3v) is 8.48. The fourth-order valence-electron chi connectivity index (χ4n) is 6.78. The molecule has 0 heterocycles. The fourth-order valence-corrected chi connectivity index (χ4v) is 7.34. The molecule has 0 radical (unpaired) electrons. The molecule has 0 aromatic rings. The van der Waals surface area contributed by atoms with Crippen LogP contribution in [0.25, 0.3) is 0 Å². The number of carbonyl (C=O) groups excluding carboxylic acids is 2. The largest absolute Gasteiger partial charge is 1.00 e. The number of carbonyl (C=O) groups is 2. The van der Waals surface area contributed by atoms with Crippen LogP contribution in [-0.4, -0.2) is 30.3 Å². The van der Waals surface area contributed by atoms with Gasteiger partial charge in [-0.05, 0) is 80.6 Å². The van der Waals surface area contributed by atoms with Crippen LogP contribution < -0.4 is 138 Å². The molecule has 0 N–H and O–H groups in total. The molecule has 9 nitrogen and oxygen atoms in total. The van der Waals surface area contributed by atoms with Crippen molar-refractivity contribution in [3.8, 4) is 0 Å². The smallest absolute Gasteiger partial charge is 0.790 e. The van der Waals surface area contributed by atoms with Gasteiger partial charge >= 0.3 is 118 Å². The van der Waals surface area contributed by atoms with E-state index in [1.165, 1.54) is 6.42 Å². The number of ether oxygens (including phenoxy) is 1. The zero-order chi connectivity index (χ0) is 24.0. The first-order valence-corrected chi connectivity index (χ1v) is 13.1. The van der Waals surface area contributed by atoms with Crippen LogP contribution in [0, 0.1) is 29.6 Å². The molecule has 0 aliphatic heterocycles. The third kappa shape index (κ3) is 9.77. The maximum absolute atomic E-state index is 14.4. The predicted molar refractivity (Wildman–Crippen MR) is 103 cm³/mol. The minimum absolute atomic E-state index is 0. The number of halogens is 1. The number of phosphoric acid groups is 1. The van der Waals surface area contributed by atoms with Crippen LogP contribution in [0.2, 0.25) is 0 Å². The molecule has 0 aromatic carbocycles. The van der Waals surface area contributed by atoms with E-state index in [0.717, 1.165) is 31.3 Å². The maximum Gasteiger partial charge on any atom is 1.00 e. The van der Waals surface area contributed by atoms with Crippen molar-refractivity contribution in [2.75, 3.05) is 6.61 Å². The first kappa shape index (κ1) is 39.5. The number of hydrogen-bond donors (Lipinski definition) is 0. The zero-order valence-corrected chi connectivity index (χ0v) is 31.1. The van der Waals surface area contributed by atoms with E-state index in [4.69, 9.17) is 9.26 Å². The van der Waals surface area contributed by atoms with Crippen molar-refractivity contribution in [3.05, 3.63) is 11.3 Å². The van der Waals surface area contributed by atoms with Crippen molar-refractivity contribution in [3.63, 3.8) is 0 Å². The van der Waals surface area contributed by atoms with Gasteiger partial charge < -0.3 is 43.4 Å². The molecule has 186 valence electrons. The van der Waals surface area contributed by atoms with E-state index in [0.29, 0.717) is 48.7 Å². The number of carboxylic acids is 2. The average Bonchev–Trinajstić information content (AvgIpc) is 2.70. The third-order valence-electron chi connectivity index (χ3n) is 7.93. The summed E-state index contributed by atoms with van der Waals surface area (Å²) in [6.45, 7) is -0.507. The topological polar surface area (TPSA) is 162 Å². The second kappa shape index (κ2) is 16.4. The molecule has 5 aliphatic carbocycles. The van der Waals surface area contributed by atoms with Crippen molar-refractivity contribution >= 4 is 19.8 Å². The van der Waals surface area contributed by atoms with E-state index in [2.05, 4.69) is 0 Å². The predicted octanol–water partition coefficient (Wildman–Crippen LogP) is -12.3. The Morgan fingerprint density at radius 3 is 1.86 bits per heavy atom. The van der Waals surface area contributed by atoms with Gasteiger partial charge in [-0.2, -0.15) is 0 Å². The van der Waals surface area contributed by atoms with Gasteiger partial charge in [-0.25, -0.2) is 4.39 Å². The average molecular weight is 578 g/mol. The molecular weight excluding hydrogens is 550 g/mol. The number of rotatable bonds is 9.